The van der Waals surface area contributed by atoms with Crippen LogP contribution in [0.15, 0.2) is 51.8 Å². The molecule has 1 heterocycles. The third kappa shape index (κ3) is 4.37. The fourth-order valence-corrected chi connectivity index (χ4v) is 4.38. The average molecular weight is 452 g/mol. The van der Waals surface area contributed by atoms with Gasteiger partial charge < -0.3 is 10.6 Å². The Balaban J connectivity index is 1.83. The van der Waals surface area contributed by atoms with E-state index in [1.807, 2.05) is 19.1 Å². The molecule has 0 unspecified atom stereocenters. The van der Waals surface area contributed by atoms with Crippen LogP contribution in [0.5, 0.6) is 0 Å². The maximum atomic E-state index is 12.8. The molecule has 0 spiro atoms. The second kappa shape index (κ2) is 7.79. The van der Waals surface area contributed by atoms with Crippen LogP contribution in [0.3, 0.4) is 0 Å². The quantitative estimate of drug-likeness (QED) is 0.743. The number of hydrogen-bond donors (Lipinski definition) is 2. The van der Waals surface area contributed by atoms with Crippen LogP contribution >= 0.6 is 15.9 Å². The minimum atomic E-state index is -3.85. The molecule has 2 aromatic rings. The van der Waals surface area contributed by atoms with Crippen LogP contribution in [-0.2, 0) is 14.8 Å². The van der Waals surface area contributed by atoms with E-state index >= 15 is 0 Å². The summed E-state index contributed by atoms with van der Waals surface area (Å²) >= 11 is 3.40. The van der Waals surface area contributed by atoms with Crippen molar-refractivity contribution in [2.45, 2.75) is 11.8 Å². The van der Waals surface area contributed by atoms with E-state index in [9.17, 15) is 18.0 Å². The van der Waals surface area contributed by atoms with E-state index in [-0.39, 0.29) is 36.0 Å². The lowest BCUT2D eigenvalue weighted by Crippen LogP contribution is -2.49. The fourth-order valence-electron chi connectivity index (χ4n) is 2.69. The first kappa shape index (κ1) is 19.5. The van der Waals surface area contributed by atoms with Gasteiger partial charge in [0.05, 0.1) is 11.4 Å². The Kier molecular flexibility index (Phi) is 5.64. The molecule has 1 aliphatic rings. The minimum absolute atomic E-state index is 0.0168. The second-order valence-electron chi connectivity index (χ2n) is 6.13. The van der Waals surface area contributed by atoms with Crippen LogP contribution in [0.1, 0.15) is 15.9 Å². The van der Waals surface area contributed by atoms with Gasteiger partial charge in [0.25, 0.3) is 5.91 Å². The van der Waals surface area contributed by atoms with Crippen molar-refractivity contribution in [2.24, 2.45) is 0 Å². The first-order valence-electron chi connectivity index (χ1n) is 8.22. The molecule has 2 amide bonds. The number of rotatable bonds is 4. The summed E-state index contributed by atoms with van der Waals surface area (Å²) < 4.78 is 27.6. The van der Waals surface area contributed by atoms with Crippen molar-refractivity contribution in [2.75, 3.05) is 25.0 Å². The monoisotopic (exact) mass is 451 g/mol. The summed E-state index contributed by atoms with van der Waals surface area (Å²) in [6, 6.07) is 11.2. The number of hydrogen-bond acceptors (Lipinski definition) is 4. The van der Waals surface area contributed by atoms with Crippen LogP contribution in [0.4, 0.5) is 5.69 Å². The molecule has 27 heavy (non-hydrogen) atoms. The molecule has 0 saturated carbocycles. The van der Waals surface area contributed by atoms with Gasteiger partial charge in [-0.05, 0) is 48.9 Å². The Morgan fingerprint density at radius 2 is 2.00 bits per heavy atom. The van der Waals surface area contributed by atoms with E-state index < -0.39 is 15.9 Å². The Bertz CT molecular complexity index is 1010. The number of aryl methyl sites for hydroxylation is 1. The zero-order chi connectivity index (χ0) is 19.6. The van der Waals surface area contributed by atoms with Crippen LogP contribution in [0, 0.1) is 6.92 Å². The topological polar surface area (TPSA) is 95.6 Å². The van der Waals surface area contributed by atoms with Gasteiger partial charge in [0.2, 0.25) is 15.9 Å². The van der Waals surface area contributed by atoms with Gasteiger partial charge in [0.1, 0.15) is 0 Å². The summed E-state index contributed by atoms with van der Waals surface area (Å²) in [5.74, 6) is -0.755. The molecule has 1 fully saturated rings. The van der Waals surface area contributed by atoms with Crippen molar-refractivity contribution < 1.29 is 18.0 Å². The number of nitrogens with zero attached hydrogens (tertiary/aromatic N) is 1. The summed E-state index contributed by atoms with van der Waals surface area (Å²) in [4.78, 5) is 24.0. The van der Waals surface area contributed by atoms with Gasteiger partial charge in [-0.2, -0.15) is 4.31 Å². The maximum absolute atomic E-state index is 12.8. The molecule has 2 N–H and O–H groups in total. The molecular formula is C18H18BrN3O4S. The highest BCUT2D eigenvalue weighted by Gasteiger charge is 2.29. The van der Waals surface area contributed by atoms with Gasteiger partial charge in [-0.15, -0.1) is 0 Å². The summed E-state index contributed by atoms with van der Waals surface area (Å²) in [6.45, 7) is 2.14. The highest BCUT2D eigenvalue weighted by Crippen LogP contribution is 2.22. The molecule has 0 aliphatic carbocycles. The Labute approximate surface area is 165 Å². The van der Waals surface area contributed by atoms with Gasteiger partial charge in [-0.25, -0.2) is 8.42 Å². The van der Waals surface area contributed by atoms with Crippen LogP contribution in [0.2, 0.25) is 0 Å². The van der Waals surface area contributed by atoms with E-state index in [4.69, 9.17) is 0 Å². The zero-order valence-electron chi connectivity index (χ0n) is 14.5. The standard InChI is InChI=1S/C18H18BrN3O4S/c1-12-9-14(5-6-16(12)19)21-18(24)13-3-2-4-15(10-13)27(25,26)22-8-7-20-17(23)11-22/h2-6,9-10H,7-8,11H2,1H3,(H,20,23)(H,21,24). The van der Waals surface area contributed by atoms with E-state index in [0.29, 0.717) is 5.69 Å². The van der Waals surface area contributed by atoms with E-state index in [2.05, 4.69) is 26.6 Å². The predicted octanol–water partition coefficient (Wildman–Crippen LogP) is 2.13. The number of amides is 2. The van der Waals surface area contributed by atoms with Crippen LogP contribution in [-0.4, -0.2) is 44.2 Å². The van der Waals surface area contributed by atoms with E-state index in [0.717, 1.165) is 14.3 Å². The average Bonchev–Trinajstić information content (AvgIpc) is 2.65. The number of benzene rings is 2. The van der Waals surface area contributed by atoms with Crippen molar-refractivity contribution in [1.29, 1.82) is 0 Å². The molecule has 0 radical (unpaired) electrons. The summed E-state index contributed by atoms with van der Waals surface area (Å²) in [5, 5.41) is 5.35. The van der Waals surface area contributed by atoms with Crippen molar-refractivity contribution in [1.82, 2.24) is 9.62 Å². The van der Waals surface area contributed by atoms with Gasteiger partial charge >= 0.3 is 0 Å². The van der Waals surface area contributed by atoms with Gasteiger partial charge in [0.15, 0.2) is 0 Å². The largest absolute Gasteiger partial charge is 0.354 e. The summed E-state index contributed by atoms with van der Waals surface area (Å²) in [6.07, 6.45) is 0. The SMILES string of the molecule is Cc1cc(NC(=O)c2cccc(S(=O)(=O)N3CCNC(=O)C3)c2)ccc1Br. The number of carbonyl (C=O) groups excluding carboxylic acids is 2. The van der Waals surface area contributed by atoms with E-state index in [1.165, 1.54) is 18.2 Å². The Morgan fingerprint density at radius 3 is 2.70 bits per heavy atom. The first-order chi connectivity index (χ1) is 12.8. The summed E-state index contributed by atoms with van der Waals surface area (Å²) in [5.41, 5.74) is 1.80. The predicted molar refractivity (Wildman–Crippen MR) is 105 cm³/mol. The third-order valence-electron chi connectivity index (χ3n) is 4.15. The maximum Gasteiger partial charge on any atom is 0.255 e. The van der Waals surface area contributed by atoms with Gasteiger partial charge in [0, 0.05) is 28.8 Å². The lowest BCUT2D eigenvalue weighted by Gasteiger charge is -2.26. The van der Waals surface area contributed by atoms with Crippen molar-refractivity contribution in [3.8, 4) is 0 Å². The molecule has 0 aromatic heterocycles. The number of sulfonamides is 1. The lowest BCUT2D eigenvalue weighted by molar-refractivity contribution is -0.122. The fraction of sp³-hybridized carbons (Fsp3) is 0.222. The summed E-state index contributed by atoms with van der Waals surface area (Å²) in [7, 11) is -3.85. The van der Waals surface area contributed by atoms with Crippen LogP contribution in [0.25, 0.3) is 0 Å². The molecule has 2 aromatic carbocycles. The smallest absolute Gasteiger partial charge is 0.255 e. The number of nitrogens with one attached hydrogen (secondary N) is 2. The van der Waals surface area contributed by atoms with Crippen molar-refractivity contribution >= 4 is 43.5 Å². The number of anilines is 1. The Hall–Kier alpha value is -2.23. The van der Waals surface area contributed by atoms with E-state index in [1.54, 1.807) is 12.1 Å². The molecule has 1 aliphatic heterocycles. The van der Waals surface area contributed by atoms with Gasteiger partial charge in [-0.1, -0.05) is 22.0 Å². The molecule has 0 bridgehead atoms. The molecule has 1 saturated heterocycles. The van der Waals surface area contributed by atoms with Gasteiger partial charge in [-0.3, -0.25) is 9.59 Å². The molecule has 142 valence electrons. The Morgan fingerprint density at radius 1 is 1.22 bits per heavy atom. The van der Waals surface area contributed by atoms with Crippen molar-refractivity contribution in [3.05, 3.63) is 58.1 Å². The number of halogens is 1. The number of piperazine rings is 1. The lowest BCUT2D eigenvalue weighted by atomic mass is 10.2. The molecule has 9 heteroatoms. The molecule has 0 atom stereocenters. The highest BCUT2D eigenvalue weighted by atomic mass is 79.9. The second-order valence-corrected chi connectivity index (χ2v) is 8.93. The normalized spacial score (nSPS) is 15.3. The van der Waals surface area contributed by atoms with Crippen LogP contribution < -0.4 is 10.6 Å². The third-order valence-corrected chi connectivity index (χ3v) is 6.88. The number of carbonyl (C=O) groups is 2. The molecule has 7 nitrogen and oxygen atoms in total. The van der Waals surface area contributed by atoms with Crippen molar-refractivity contribution in [3.63, 3.8) is 0 Å². The molecular weight excluding hydrogens is 434 g/mol. The molecule has 3 rings (SSSR count). The first-order valence-corrected chi connectivity index (χ1v) is 10.4. The zero-order valence-corrected chi connectivity index (χ0v) is 16.9. The highest BCUT2D eigenvalue weighted by molar-refractivity contribution is 9.10. The minimum Gasteiger partial charge on any atom is -0.354 e.